The molecule has 0 spiro atoms. The lowest BCUT2D eigenvalue weighted by atomic mass is 9.91. The second-order valence-corrected chi connectivity index (χ2v) is 3.77. The third-order valence-electron chi connectivity index (χ3n) is 2.73. The smallest absolute Gasteiger partial charge is 0.0246 e. The summed E-state index contributed by atoms with van der Waals surface area (Å²) in [6.07, 6.45) is 6.17. The van der Waals surface area contributed by atoms with Crippen LogP contribution in [0.15, 0.2) is 30.3 Å². The van der Waals surface area contributed by atoms with Gasteiger partial charge in [-0.25, -0.2) is 0 Å². The third-order valence-corrected chi connectivity index (χ3v) is 2.73. The predicted molar refractivity (Wildman–Crippen MR) is 65.8 cm³/mol. The van der Waals surface area contributed by atoms with Gasteiger partial charge in [0.05, 0.1) is 0 Å². The molecule has 1 nitrogen and oxygen atoms in total. The monoisotopic (exact) mass is 201 g/mol. The molecule has 0 radical (unpaired) electrons. The zero-order chi connectivity index (χ0) is 11.1. The zero-order valence-corrected chi connectivity index (χ0v) is 9.53. The highest BCUT2D eigenvalue weighted by Crippen LogP contribution is 2.20. The fourth-order valence-electron chi connectivity index (χ4n) is 1.80. The lowest BCUT2D eigenvalue weighted by Crippen LogP contribution is -2.33. The fourth-order valence-corrected chi connectivity index (χ4v) is 1.80. The fraction of sp³-hybridized carbons (Fsp3) is 0.429. The van der Waals surface area contributed by atoms with Crippen LogP contribution >= 0.6 is 0 Å². The quantitative estimate of drug-likeness (QED) is 0.722. The first-order valence-corrected chi connectivity index (χ1v) is 5.51. The van der Waals surface area contributed by atoms with Gasteiger partial charge in [0.2, 0.25) is 0 Å². The maximum Gasteiger partial charge on any atom is 0.0246 e. The zero-order valence-electron chi connectivity index (χ0n) is 9.53. The van der Waals surface area contributed by atoms with Crippen LogP contribution in [-0.4, -0.2) is 12.6 Å². The van der Waals surface area contributed by atoms with Gasteiger partial charge in [0.25, 0.3) is 0 Å². The number of hydrogen-bond acceptors (Lipinski definition) is 1. The minimum absolute atomic E-state index is 0.377. The van der Waals surface area contributed by atoms with Crippen LogP contribution in [-0.2, 0) is 0 Å². The van der Waals surface area contributed by atoms with Gasteiger partial charge in [-0.05, 0) is 18.0 Å². The summed E-state index contributed by atoms with van der Waals surface area (Å²) < 4.78 is 0. The summed E-state index contributed by atoms with van der Waals surface area (Å²) in [5.74, 6) is 3.20. The number of rotatable bonds is 5. The molecule has 0 amide bonds. The first-order chi connectivity index (χ1) is 7.29. The molecule has 1 aromatic rings. The topological polar surface area (TPSA) is 12.0 Å². The normalized spacial score (nSPS) is 14.2. The van der Waals surface area contributed by atoms with Gasteiger partial charge >= 0.3 is 0 Å². The van der Waals surface area contributed by atoms with E-state index in [-0.39, 0.29) is 0 Å². The average Bonchev–Trinajstić information content (AvgIpc) is 2.29. The van der Waals surface area contributed by atoms with Gasteiger partial charge in [0.1, 0.15) is 0 Å². The SMILES string of the molecule is C#CCC(NCC)C(C)c1ccccc1. The van der Waals surface area contributed by atoms with E-state index in [2.05, 4.69) is 49.4 Å². The third kappa shape index (κ3) is 3.42. The van der Waals surface area contributed by atoms with E-state index in [9.17, 15) is 0 Å². The maximum atomic E-state index is 5.39. The lowest BCUT2D eigenvalue weighted by molar-refractivity contribution is 0.469. The van der Waals surface area contributed by atoms with E-state index in [1.54, 1.807) is 0 Å². The minimum Gasteiger partial charge on any atom is -0.313 e. The van der Waals surface area contributed by atoms with Gasteiger partial charge < -0.3 is 5.32 Å². The molecule has 80 valence electrons. The average molecular weight is 201 g/mol. The highest BCUT2D eigenvalue weighted by molar-refractivity contribution is 5.21. The van der Waals surface area contributed by atoms with Crippen molar-refractivity contribution in [2.75, 3.05) is 6.54 Å². The van der Waals surface area contributed by atoms with Gasteiger partial charge in [-0.2, -0.15) is 0 Å². The number of terminal acetylenes is 1. The van der Waals surface area contributed by atoms with E-state index in [4.69, 9.17) is 6.42 Å². The van der Waals surface area contributed by atoms with Gasteiger partial charge in [0, 0.05) is 12.5 Å². The summed E-state index contributed by atoms with van der Waals surface area (Å²) in [6, 6.07) is 10.9. The first-order valence-electron chi connectivity index (χ1n) is 5.51. The largest absolute Gasteiger partial charge is 0.313 e. The summed E-state index contributed by atoms with van der Waals surface area (Å²) in [5.41, 5.74) is 1.35. The molecule has 2 atom stereocenters. The van der Waals surface area contributed by atoms with Crippen molar-refractivity contribution in [2.24, 2.45) is 0 Å². The number of nitrogens with one attached hydrogen (secondary N) is 1. The predicted octanol–water partition coefficient (Wildman–Crippen LogP) is 2.79. The molecule has 2 unspecified atom stereocenters. The van der Waals surface area contributed by atoms with E-state index in [1.807, 2.05) is 6.07 Å². The van der Waals surface area contributed by atoms with Gasteiger partial charge in [0.15, 0.2) is 0 Å². The molecule has 0 aliphatic rings. The second-order valence-electron chi connectivity index (χ2n) is 3.77. The van der Waals surface area contributed by atoms with Crippen LogP contribution in [0, 0.1) is 12.3 Å². The Balaban J connectivity index is 2.72. The molecule has 0 aromatic heterocycles. The van der Waals surface area contributed by atoms with Crippen molar-refractivity contribution in [1.82, 2.24) is 5.32 Å². The molecule has 1 aromatic carbocycles. The van der Waals surface area contributed by atoms with Crippen molar-refractivity contribution in [2.45, 2.75) is 32.2 Å². The molecule has 0 fully saturated rings. The Morgan fingerprint density at radius 1 is 1.33 bits per heavy atom. The van der Waals surface area contributed by atoms with Crippen LogP contribution < -0.4 is 5.32 Å². The summed E-state index contributed by atoms with van der Waals surface area (Å²) >= 11 is 0. The number of benzene rings is 1. The molecule has 0 saturated heterocycles. The van der Waals surface area contributed by atoms with E-state index in [1.165, 1.54) is 5.56 Å². The lowest BCUT2D eigenvalue weighted by Gasteiger charge is -2.23. The van der Waals surface area contributed by atoms with Crippen molar-refractivity contribution in [1.29, 1.82) is 0 Å². The molecule has 1 heteroatoms. The van der Waals surface area contributed by atoms with E-state index in [0.29, 0.717) is 12.0 Å². The van der Waals surface area contributed by atoms with E-state index in [0.717, 1.165) is 13.0 Å². The second kappa shape index (κ2) is 6.27. The molecular formula is C14H19N. The first kappa shape index (κ1) is 11.8. The van der Waals surface area contributed by atoms with Crippen LogP contribution in [0.2, 0.25) is 0 Å². The van der Waals surface area contributed by atoms with E-state index >= 15 is 0 Å². The Bertz CT molecular complexity index is 310. The van der Waals surface area contributed by atoms with Crippen LogP contribution in [0.3, 0.4) is 0 Å². The molecule has 1 rings (SSSR count). The van der Waals surface area contributed by atoms with Crippen LogP contribution in [0.25, 0.3) is 0 Å². The van der Waals surface area contributed by atoms with Gasteiger partial charge in [-0.1, -0.05) is 44.2 Å². The van der Waals surface area contributed by atoms with Crippen LogP contribution in [0.1, 0.15) is 31.7 Å². The number of hydrogen-bond donors (Lipinski definition) is 1. The molecule has 0 saturated carbocycles. The highest BCUT2D eigenvalue weighted by atomic mass is 14.9. The molecule has 0 aliphatic heterocycles. The molecule has 0 aliphatic carbocycles. The van der Waals surface area contributed by atoms with Crippen LogP contribution in [0.4, 0.5) is 0 Å². The Morgan fingerprint density at radius 3 is 2.53 bits per heavy atom. The standard InChI is InChI=1S/C14H19N/c1-4-9-14(15-5-2)12(3)13-10-7-6-8-11-13/h1,6-8,10-12,14-15H,5,9H2,2-3H3. The minimum atomic E-state index is 0.377. The van der Waals surface area contributed by atoms with Gasteiger partial charge in [-0.3, -0.25) is 0 Å². The molecule has 0 bridgehead atoms. The number of likely N-dealkylation sites (N-methyl/N-ethyl adjacent to an activating group) is 1. The molecular weight excluding hydrogens is 182 g/mol. The summed E-state index contributed by atoms with van der Waals surface area (Å²) in [7, 11) is 0. The summed E-state index contributed by atoms with van der Waals surface area (Å²) in [5, 5.41) is 3.44. The van der Waals surface area contributed by atoms with Crippen molar-refractivity contribution >= 4 is 0 Å². The van der Waals surface area contributed by atoms with Crippen molar-refractivity contribution in [3.63, 3.8) is 0 Å². The summed E-state index contributed by atoms with van der Waals surface area (Å²) in [6.45, 7) is 5.30. The Hall–Kier alpha value is -1.26. The van der Waals surface area contributed by atoms with Crippen molar-refractivity contribution in [3.8, 4) is 12.3 Å². The Labute approximate surface area is 92.9 Å². The molecule has 1 N–H and O–H groups in total. The van der Waals surface area contributed by atoms with Gasteiger partial charge in [-0.15, -0.1) is 12.3 Å². The van der Waals surface area contributed by atoms with Crippen molar-refractivity contribution in [3.05, 3.63) is 35.9 Å². The molecule has 15 heavy (non-hydrogen) atoms. The Kier molecular flexibility index (Phi) is 4.93. The van der Waals surface area contributed by atoms with E-state index < -0.39 is 0 Å². The van der Waals surface area contributed by atoms with Crippen LogP contribution in [0.5, 0.6) is 0 Å². The highest BCUT2D eigenvalue weighted by Gasteiger charge is 2.16. The summed E-state index contributed by atoms with van der Waals surface area (Å²) in [4.78, 5) is 0. The Morgan fingerprint density at radius 2 is 2.00 bits per heavy atom. The molecule has 0 heterocycles. The van der Waals surface area contributed by atoms with Crippen molar-refractivity contribution < 1.29 is 0 Å². The maximum absolute atomic E-state index is 5.39.